The Morgan fingerprint density at radius 2 is 2.08 bits per heavy atom. The summed E-state index contributed by atoms with van der Waals surface area (Å²) < 4.78 is 7.61. The Morgan fingerprint density at radius 3 is 3.00 bits per heavy atom. The van der Waals surface area contributed by atoms with Crippen molar-refractivity contribution in [2.24, 2.45) is 0 Å². The maximum absolute atomic E-state index is 12.8. The number of benzene rings is 1. The van der Waals surface area contributed by atoms with Crippen molar-refractivity contribution < 1.29 is 9.53 Å². The van der Waals surface area contributed by atoms with E-state index >= 15 is 0 Å². The molecule has 1 aromatic heterocycles. The number of aryl methyl sites for hydroxylation is 1. The molecule has 1 saturated carbocycles. The molecule has 2 fully saturated rings. The molecule has 2 aliphatic rings. The second kappa shape index (κ2) is 6.96. The lowest BCUT2D eigenvalue weighted by Gasteiger charge is -2.43. The Morgan fingerprint density at radius 1 is 1.24 bits per heavy atom. The van der Waals surface area contributed by atoms with Crippen LogP contribution >= 0.6 is 0 Å². The van der Waals surface area contributed by atoms with Gasteiger partial charge in [-0.05, 0) is 25.0 Å². The Bertz CT molecular complexity index is 830. The topological polar surface area (TPSA) is 64.4 Å². The van der Waals surface area contributed by atoms with Crippen LogP contribution in [0.4, 0.5) is 0 Å². The number of fused-ring (bicyclic) bond motifs is 2. The fourth-order valence-corrected chi connectivity index (χ4v) is 4.09. The summed E-state index contributed by atoms with van der Waals surface area (Å²) in [5.74, 6) is 0.157. The average Bonchev–Trinajstić information content (AvgIpc) is 2.67. The molecule has 0 bridgehead atoms. The fraction of sp³-hybridized carbons (Fsp3) is 0.526. The number of aromatic nitrogens is 2. The van der Waals surface area contributed by atoms with E-state index in [2.05, 4.69) is 5.10 Å². The molecule has 6 nitrogen and oxygen atoms in total. The predicted octanol–water partition coefficient (Wildman–Crippen LogP) is 1.96. The fourth-order valence-electron chi connectivity index (χ4n) is 4.09. The van der Waals surface area contributed by atoms with Gasteiger partial charge in [0.2, 0.25) is 11.3 Å². The first-order valence-electron chi connectivity index (χ1n) is 9.10. The Kier molecular flexibility index (Phi) is 4.53. The molecule has 0 spiro atoms. The highest BCUT2D eigenvalue weighted by molar-refractivity contribution is 5.79. The van der Waals surface area contributed by atoms with E-state index in [1.54, 1.807) is 10.7 Å². The van der Waals surface area contributed by atoms with Gasteiger partial charge in [0.1, 0.15) is 0 Å². The van der Waals surface area contributed by atoms with Crippen molar-refractivity contribution in [1.82, 2.24) is 14.7 Å². The molecule has 2 atom stereocenters. The number of carbonyl (C=O) groups excluding carboxylic acids is 1. The lowest BCUT2D eigenvalue weighted by atomic mass is 9.90. The maximum Gasteiger partial charge on any atom is 0.224 e. The van der Waals surface area contributed by atoms with E-state index in [1.165, 1.54) is 19.0 Å². The van der Waals surface area contributed by atoms with Gasteiger partial charge in [0.15, 0.2) is 0 Å². The molecule has 25 heavy (non-hydrogen) atoms. The first-order valence-corrected chi connectivity index (χ1v) is 9.10. The number of rotatable bonds is 3. The summed E-state index contributed by atoms with van der Waals surface area (Å²) in [6.45, 7) is 1.79. The van der Waals surface area contributed by atoms with Gasteiger partial charge in [0, 0.05) is 18.4 Å². The Balaban J connectivity index is 1.49. The number of para-hydroxylation sites is 1. The van der Waals surface area contributed by atoms with E-state index in [1.807, 2.05) is 23.1 Å². The molecule has 1 saturated heterocycles. The van der Waals surface area contributed by atoms with Crippen molar-refractivity contribution in [1.29, 1.82) is 0 Å². The molecule has 1 amide bonds. The summed E-state index contributed by atoms with van der Waals surface area (Å²) in [7, 11) is 0. The zero-order valence-corrected chi connectivity index (χ0v) is 14.3. The molecule has 1 aliphatic carbocycles. The predicted molar refractivity (Wildman–Crippen MR) is 94.3 cm³/mol. The number of nitrogens with zero attached hydrogens (tertiary/aromatic N) is 3. The molecule has 2 aromatic rings. The zero-order valence-electron chi connectivity index (χ0n) is 14.3. The molecule has 132 valence electrons. The van der Waals surface area contributed by atoms with Crippen molar-refractivity contribution in [2.75, 3.05) is 13.2 Å². The summed E-state index contributed by atoms with van der Waals surface area (Å²) in [5.41, 5.74) is 0.691. The summed E-state index contributed by atoms with van der Waals surface area (Å²) >= 11 is 0. The Labute approximate surface area is 146 Å². The minimum atomic E-state index is -0.0867. The molecule has 4 rings (SSSR count). The molecular weight excluding hydrogens is 318 g/mol. The third kappa shape index (κ3) is 3.18. The second-order valence-electron chi connectivity index (χ2n) is 6.85. The number of hydrogen-bond acceptors (Lipinski definition) is 4. The van der Waals surface area contributed by atoms with Crippen LogP contribution in [0.1, 0.15) is 32.1 Å². The lowest BCUT2D eigenvalue weighted by Crippen LogP contribution is -2.54. The minimum Gasteiger partial charge on any atom is -0.374 e. The minimum absolute atomic E-state index is 0.0867. The third-order valence-electron chi connectivity index (χ3n) is 5.35. The summed E-state index contributed by atoms with van der Waals surface area (Å²) in [6.07, 6.45) is 6.38. The van der Waals surface area contributed by atoms with Crippen molar-refractivity contribution in [3.05, 3.63) is 40.7 Å². The summed E-state index contributed by atoms with van der Waals surface area (Å²) in [4.78, 5) is 26.7. The molecule has 2 heterocycles. The summed E-state index contributed by atoms with van der Waals surface area (Å²) in [5, 5.41) is 4.86. The van der Waals surface area contributed by atoms with Crippen LogP contribution < -0.4 is 5.43 Å². The molecule has 1 aromatic carbocycles. The molecule has 1 aliphatic heterocycles. The monoisotopic (exact) mass is 341 g/mol. The van der Waals surface area contributed by atoms with E-state index in [4.69, 9.17) is 4.74 Å². The van der Waals surface area contributed by atoms with Gasteiger partial charge in [-0.15, -0.1) is 0 Å². The largest absolute Gasteiger partial charge is 0.374 e. The van der Waals surface area contributed by atoms with E-state index in [0.717, 1.165) is 18.4 Å². The third-order valence-corrected chi connectivity index (χ3v) is 5.35. The van der Waals surface area contributed by atoms with Crippen molar-refractivity contribution in [3.8, 4) is 0 Å². The normalized spacial score (nSPS) is 23.4. The lowest BCUT2D eigenvalue weighted by molar-refractivity contribution is -0.149. The SMILES string of the molecule is O=C(CCn1ncc(=O)c2ccccc21)N1CCO[C@H]2CCCC[C@H]21. The number of amides is 1. The molecular formula is C19H23N3O3. The number of carbonyl (C=O) groups is 1. The number of hydrogen-bond donors (Lipinski definition) is 0. The second-order valence-corrected chi connectivity index (χ2v) is 6.85. The van der Waals surface area contributed by atoms with Gasteiger partial charge in [-0.2, -0.15) is 5.10 Å². The van der Waals surface area contributed by atoms with Crippen molar-refractivity contribution in [2.45, 2.75) is 50.8 Å². The quantitative estimate of drug-likeness (QED) is 0.856. The first kappa shape index (κ1) is 16.3. The van der Waals surface area contributed by atoms with Crippen LogP contribution in [-0.2, 0) is 16.1 Å². The standard InChI is InChI=1S/C19H23N3O3/c23-17-13-20-22(15-6-2-1-5-14(15)17)10-9-19(24)21-11-12-25-18-8-4-3-7-16(18)21/h1-2,5-6,13,16,18H,3-4,7-12H2/t16-,18+/m1/s1. The smallest absolute Gasteiger partial charge is 0.224 e. The van der Waals surface area contributed by atoms with E-state index in [9.17, 15) is 9.59 Å². The zero-order chi connectivity index (χ0) is 17.2. The van der Waals surface area contributed by atoms with Crippen LogP contribution in [0.15, 0.2) is 35.3 Å². The number of morpholine rings is 1. The summed E-state index contributed by atoms with van der Waals surface area (Å²) in [6, 6.07) is 7.63. The highest BCUT2D eigenvalue weighted by Crippen LogP contribution is 2.28. The van der Waals surface area contributed by atoms with Crippen LogP contribution in [0.5, 0.6) is 0 Å². The highest BCUT2D eigenvalue weighted by atomic mass is 16.5. The molecule has 6 heteroatoms. The Hall–Kier alpha value is -2.21. The van der Waals surface area contributed by atoms with Gasteiger partial charge in [0.25, 0.3) is 0 Å². The van der Waals surface area contributed by atoms with Gasteiger partial charge < -0.3 is 9.64 Å². The first-order chi connectivity index (χ1) is 12.2. The van der Waals surface area contributed by atoms with Gasteiger partial charge in [-0.25, -0.2) is 0 Å². The maximum atomic E-state index is 12.8. The molecule has 0 radical (unpaired) electrons. The van der Waals surface area contributed by atoms with Crippen molar-refractivity contribution in [3.63, 3.8) is 0 Å². The van der Waals surface area contributed by atoms with E-state index in [0.29, 0.717) is 31.5 Å². The van der Waals surface area contributed by atoms with Gasteiger partial charge in [-0.3, -0.25) is 14.3 Å². The van der Waals surface area contributed by atoms with Crippen LogP contribution in [-0.4, -0.2) is 45.9 Å². The van der Waals surface area contributed by atoms with Crippen LogP contribution in [0.3, 0.4) is 0 Å². The van der Waals surface area contributed by atoms with E-state index in [-0.39, 0.29) is 23.5 Å². The van der Waals surface area contributed by atoms with Crippen LogP contribution in [0, 0.1) is 0 Å². The molecule has 0 unspecified atom stereocenters. The van der Waals surface area contributed by atoms with Gasteiger partial charge in [-0.1, -0.05) is 25.0 Å². The van der Waals surface area contributed by atoms with E-state index < -0.39 is 0 Å². The van der Waals surface area contributed by atoms with Gasteiger partial charge in [0.05, 0.1) is 37.0 Å². The average molecular weight is 341 g/mol. The van der Waals surface area contributed by atoms with Crippen molar-refractivity contribution >= 4 is 16.8 Å². The van der Waals surface area contributed by atoms with Gasteiger partial charge >= 0.3 is 0 Å². The molecule has 0 N–H and O–H groups in total. The van der Waals surface area contributed by atoms with Crippen LogP contribution in [0.25, 0.3) is 10.9 Å². The number of ether oxygens (including phenoxy) is 1. The highest BCUT2D eigenvalue weighted by Gasteiger charge is 2.36. The van der Waals surface area contributed by atoms with Crippen LogP contribution in [0.2, 0.25) is 0 Å².